The first kappa shape index (κ1) is 9.83. The van der Waals surface area contributed by atoms with Crippen molar-refractivity contribution in [3.05, 3.63) is 35.4 Å². The van der Waals surface area contributed by atoms with E-state index in [2.05, 4.69) is 0 Å². The summed E-state index contributed by atoms with van der Waals surface area (Å²) >= 11 is 1.81. The van der Waals surface area contributed by atoms with Gasteiger partial charge in [-0.2, -0.15) is 0 Å². The first-order chi connectivity index (χ1) is 6.70. The van der Waals surface area contributed by atoms with Crippen molar-refractivity contribution >= 4 is 11.6 Å². The average molecular weight is 301 g/mol. The Balaban J connectivity index is 2.57. The molecule has 1 aromatic rings. The Morgan fingerprint density at radius 1 is 1.14 bits per heavy atom. The van der Waals surface area contributed by atoms with Crippen LogP contribution < -0.4 is 22.6 Å². The number of alkyl halides is 1. The summed E-state index contributed by atoms with van der Waals surface area (Å²) in [4.78, 5) is 23.5. The molecule has 0 saturated heterocycles. The molecule has 1 aliphatic rings. The Labute approximate surface area is 95.8 Å². The van der Waals surface area contributed by atoms with E-state index >= 15 is 0 Å². The fourth-order valence-corrected chi connectivity index (χ4v) is 2.34. The lowest BCUT2D eigenvalue weighted by atomic mass is 10.0. The van der Waals surface area contributed by atoms with Crippen molar-refractivity contribution in [1.82, 2.24) is 0 Å². The molecule has 0 spiro atoms. The molecule has 0 saturated carbocycles. The fraction of sp³-hybridized carbons (Fsp3) is 0.273. The predicted molar refractivity (Wildman–Crippen MR) is 49.5 cm³/mol. The number of hydrogen-bond donors (Lipinski definition) is 0. The maximum absolute atomic E-state index is 11.8. The predicted octanol–water partition coefficient (Wildman–Crippen LogP) is -1.50. The molecule has 0 aromatic heterocycles. The molecule has 0 heterocycles. The number of hydrogen-bond acceptors (Lipinski definition) is 2. The molecule has 3 heteroatoms. The van der Waals surface area contributed by atoms with Crippen molar-refractivity contribution < 1.29 is 32.2 Å². The molecule has 1 unspecified atom stereocenters. The number of rotatable bonds is 0. The summed E-state index contributed by atoms with van der Waals surface area (Å²) in [6.45, 7) is 0. The van der Waals surface area contributed by atoms with Crippen LogP contribution in [0.2, 0.25) is 0 Å². The third-order valence-electron chi connectivity index (χ3n) is 2.42. The van der Waals surface area contributed by atoms with E-state index in [-0.39, 0.29) is 15.5 Å². The molecule has 0 radical (unpaired) electrons. The van der Waals surface area contributed by atoms with Gasteiger partial charge in [-0.3, -0.25) is 9.59 Å². The third kappa shape index (κ3) is 1.61. The summed E-state index contributed by atoms with van der Waals surface area (Å²) in [7, 11) is 0. The summed E-state index contributed by atoms with van der Waals surface area (Å²) in [6.07, 6.45) is 1.17. The quantitative estimate of drug-likeness (QED) is 0.332. The number of benzene rings is 1. The van der Waals surface area contributed by atoms with Gasteiger partial charge >= 0.3 is 0 Å². The van der Waals surface area contributed by atoms with E-state index in [1.54, 1.807) is 18.2 Å². The number of halogens is 1. The van der Waals surface area contributed by atoms with Crippen LogP contribution >= 0.6 is 0 Å². The lowest BCUT2D eigenvalue weighted by molar-refractivity contribution is -0.399. The van der Waals surface area contributed by atoms with Gasteiger partial charge < -0.3 is 0 Å². The average Bonchev–Trinajstić information content (AvgIpc) is 2.33. The molecular formula is C11H10IO2+. The second-order valence-electron chi connectivity index (χ2n) is 3.36. The molecule has 14 heavy (non-hydrogen) atoms. The van der Waals surface area contributed by atoms with Gasteiger partial charge in [-0.05, 0) is 0 Å². The van der Waals surface area contributed by atoms with Crippen LogP contribution in [0.25, 0.3) is 0 Å². The van der Waals surface area contributed by atoms with Crippen molar-refractivity contribution in [2.45, 2.75) is 16.8 Å². The van der Waals surface area contributed by atoms with Gasteiger partial charge in [0.2, 0.25) is 9.71 Å². The van der Waals surface area contributed by atoms with Gasteiger partial charge in [0, 0.05) is 24.0 Å². The molecule has 72 valence electrons. The Kier molecular flexibility index (Phi) is 2.67. The SMILES string of the molecule is O=C1CCC([IH+])C(=O)c2ccccc21. The largest absolute Gasteiger partial charge is 0.294 e. The topological polar surface area (TPSA) is 34.1 Å². The van der Waals surface area contributed by atoms with E-state index in [0.29, 0.717) is 24.0 Å². The second-order valence-corrected chi connectivity index (χ2v) is 4.98. The first-order valence-electron chi connectivity index (χ1n) is 4.52. The van der Waals surface area contributed by atoms with Crippen LogP contribution in [0.5, 0.6) is 0 Å². The second kappa shape index (κ2) is 3.81. The van der Waals surface area contributed by atoms with Gasteiger partial charge in [0.05, 0.1) is 0 Å². The minimum absolute atomic E-state index is 0.0154. The van der Waals surface area contributed by atoms with Crippen LogP contribution in [-0.2, 0) is 0 Å². The van der Waals surface area contributed by atoms with Crippen LogP contribution in [-0.4, -0.2) is 15.5 Å². The molecule has 2 nitrogen and oxygen atoms in total. The normalized spacial score (nSPS) is 21.6. The molecule has 1 aromatic carbocycles. The fourth-order valence-electron chi connectivity index (χ4n) is 1.64. The van der Waals surface area contributed by atoms with Crippen molar-refractivity contribution in [2.75, 3.05) is 0 Å². The monoisotopic (exact) mass is 301 g/mol. The Morgan fingerprint density at radius 3 is 2.50 bits per heavy atom. The van der Waals surface area contributed by atoms with Gasteiger partial charge in [-0.15, -0.1) is 0 Å². The molecular weight excluding hydrogens is 291 g/mol. The van der Waals surface area contributed by atoms with E-state index < -0.39 is 0 Å². The lowest BCUT2D eigenvalue weighted by Crippen LogP contribution is -3.39. The molecule has 1 atom stereocenters. The zero-order valence-corrected chi connectivity index (χ0v) is 9.86. The van der Waals surface area contributed by atoms with Gasteiger partial charge in [0.1, 0.15) is 0 Å². The van der Waals surface area contributed by atoms with Crippen LogP contribution in [0, 0.1) is 0 Å². The van der Waals surface area contributed by atoms with Gasteiger partial charge in [0.25, 0.3) is 22.6 Å². The maximum atomic E-state index is 11.8. The number of Topliss-reactive ketones (excluding diaryl/α,β-unsaturated/α-hetero) is 2. The number of fused-ring (bicyclic) bond motifs is 1. The lowest BCUT2D eigenvalue weighted by Gasteiger charge is -2.00. The number of carbonyl (C=O) groups is 2. The first-order valence-corrected chi connectivity index (χ1v) is 5.87. The molecule has 1 aliphatic carbocycles. The highest BCUT2D eigenvalue weighted by Crippen LogP contribution is 2.18. The minimum Gasteiger partial charge on any atom is -0.294 e. The Hall–Kier alpha value is -0.710. The summed E-state index contributed by atoms with van der Waals surface area (Å²) in [5.41, 5.74) is 1.20. The van der Waals surface area contributed by atoms with Gasteiger partial charge in [0.15, 0.2) is 5.78 Å². The van der Waals surface area contributed by atoms with E-state index in [4.69, 9.17) is 0 Å². The van der Waals surface area contributed by atoms with Gasteiger partial charge in [-0.1, -0.05) is 24.3 Å². The summed E-state index contributed by atoms with van der Waals surface area (Å²) in [5, 5.41) is 0. The van der Waals surface area contributed by atoms with Crippen molar-refractivity contribution in [3.8, 4) is 0 Å². The van der Waals surface area contributed by atoms with Crippen LogP contribution in [0.4, 0.5) is 0 Å². The minimum atomic E-state index is -0.0154. The molecule has 0 aliphatic heterocycles. The van der Waals surface area contributed by atoms with Crippen LogP contribution in [0.3, 0.4) is 0 Å². The van der Waals surface area contributed by atoms with Crippen molar-refractivity contribution in [1.29, 1.82) is 0 Å². The van der Waals surface area contributed by atoms with Gasteiger partial charge in [-0.25, -0.2) is 0 Å². The van der Waals surface area contributed by atoms with E-state index in [0.717, 1.165) is 0 Å². The zero-order chi connectivity index (χ0) is 10.1. The van der Waals surface area contributed by atoms with Crippen molar-refractivity contribution in [3.63, 3.8) is 0 Å². The van der Waals surface area contributed by atoms with E-state index in [1.165, 1.54) is 0 Å². The zero-order valence-electron chi connectivity index (χ0n) is 7.53. The van der Waals surface area contributed by atoms with Crippen molar-refractivity contribution in [2.24, 2.45) is 0 Å². The Morgan fingerprint density at radius 2 is 1.79 bits per heavy atom. The molecule has 0 fully saturated rings. The highest BCUT2D eigenvalue weighted by atomic mass is 127. The highest BCUT2D eigenvalue weighted by molar-refractivity contribution is 6.11. The summed E-state index contributed by atoms with van der Waals surface area (Å²) in [5.74, 6) is 0.205. The summed E-state index contributed by atoms with van der Waals surface area (Å²) < 4.78 is -0.0154. The molecule has 0 bridgehead atoms. The standard InChI is InChI=1S/C11H10IO2/c12-9-5-6-10(13)7-3-1-2-4-8(7)11(9)14/h1-4,9,12H,5-6H2/q+1. The summed E-state index contributed by atoms with van der Waals surface area (Å²) in [6, 6.07) is 7.11. The highest BCUT2D eigenvalue weighted by Gasteiger charge is 2.31. The molecule has 0 amide bonds. The number of carbonyl (C=O) groups excluding carboxylic acids is 2. The number of ketones is 2. The molecule has 0 N–H and O–H groups in total. The van der Waals surface area contributed by atoms with Crippen LogP contribution in [0.1, 0.15) is 33.6 Å². The maximum Gasteiger partial charge on any atom is 0.264 e. The van der Waals surface area contributed by atoms with Crippen LogP contribution in [0.15, 0.2) is 24.3 Å². The third-order valence-corrected chi connectivity index (χ3v) is 3.70. The van der Waals surface area contributed by atoms with E-state index in [1.807, 2.05) is 28.7 Å². The van der Waals surface area contributed by atoms with E-state index in [9.17, 15) is 9.59 Å². The smallest absolute Gasteiger partial charge is 0.264 e. The Bertz CT molecular complexity index is 398. The molecule has 2 rings (SSSR count).